The number of hydrogen-bond acceptors (Lipinski definition) is 5. The van der Waals surface area contributed by atoms with Crippen LogP contribution in [0.25, 0.3) is 11.5 Å². The summed E-state index contributed by atoms with van der Waals surface area (Å²) in [5.74, 6) is 0.588. The molecule has 0 saturated heterocycles. The highest BCUT2D eigenvalue weighted by atomic mass is 35.5. The number of carbonyl (C=O) groups excluding carboxylic acids is 2. The maximum Gasteiger partial charge on any atom is 0.257 e. The van der Waals surface area contributed by atoms with Crippen LogP contribution in [0, 0.1) is 0 Å². The molecule has 7 nitrogen and oxygen atoms in total. The Labute approximate surface area is 202 Å². The number of nitrogens with one attached hydrogen (secondary N) is 1. The van der Waals surface area contributed by atoms with Crippen LogP contribution < -0.4 is 5.32 Å². The highest BCUT2D eigenvalue weighted by Crippen LogP contribution is 2.18. The summed E-state index contributed by atoms with van der Waals surface area (Å²) in [6.07, 6.45) is 0.444. The van der Waals surface area contributed by atoms with Crippen molar-refractivity contribution in [2.75, 3.05) is 13.6 Å². The van der Waals surface area contributed by atoms with Gasteiger partial charge in [0.2, 0.25) is 0 Å². The van der Waals surface area contributed by atoms with Gasteiger partial charge in [-0.05, 0) is 54.1 Å². The van der Waals surface area contributed by atoms with Crippen molar-refractivity contribution in [3.63, 3.8) is 0 Å². The van der Waals surface area contributed by atoms with Crippen molar-refractivity contribution in [2.24, 2.45) is 0 Å². The van der Waals surface area contributed by atoms with E-state index in [1.54, 1.807) is 60.5 Å². The lowest BCUT2D eigenvalue weighted by atomic mass is 10.1. The second-order valence-corrected chi connectivity index (χ2v) is 8.18. The molecule has 0 bridgehead atoms. The Kier molecular flexibility index (Phi) is 7.34. The van der Waals surface area contributed by atoms with Crippen LogP contribution in [-0.2, 0) is 13.0 Å². The number of nitrogens with zero attached hydrogens (tertiary/aromatic N) is 3. The Morgan fingerprint density at radius 2 is 1.62 bits per heavy atom. The standard InChI is InChI=1S/C26H23ClN4O3/c1-31(26(33)21-11-13-22(27)14-12-21)16-15-23-29-25(34-30-23)20-9-7-19(8-10-20)24(32)28-17-18-5-3-2-4-6-18/h2-14H,15-17H2,1H3,(H,28,32). The van der Waals surface area contributed by atoms with E-state index in [1.165, 1.54) is 0 Å². The molecule has 4 aromatic rings. The summed E-state index contributed by atoms with van der Waals surface area (Å²) in [5.41, 5.74) is 2.85. The second kappa shape index (κ2) is 10.8. The molecule has 0 saturated carbocycles. The summed E-state index contributed by atoms with van der Waals surface area (Å²) in [5, 5.41) is 7.49. The van der Waals surface area contributed by atoms with E-state index in [-0.39, 0.29) is 11.8 Å². The zero-order chi connectivity index (χ0) is 23.9. The Morgan fingerprint density at radius 1 is 0.941 bits per heavy atom. The van der Waals surface area contributed by atoms with Gasteiger partial charge in [-0.1, -0.05) is 47.1 Å². The molecule has 0 aliphatic heterocycles. The highest BCUT2D eigenvalue weighted by molar-refractivity contribution is 6.30. The molecule has 0 aliphatic carbocycles. The number of amides is 2. The predicted octanol–water partition coefficient (Wildman–Crippen LogP) is 4.63. The molecule has 172 valence electrons. The van der Waals surface area contributed by atoms with Crippen molar-refractivity contribution >= 4 is 23.4 Å². The highest BCUT2D eigenvalue weighted by Gasteiger charge is 2.15. The summed E-state index contributed by atoms with van der Waals surface area (Å²) in [7, 11) is 1.72. The molecule has 1 N–H and O–H groups in total. The lowest BCUT2D eigenvalue weighted by Gasteiger charge is -2.16. The SMILES string of the molecule is CN(CCc1noc(-c2ccc(C(=O)NCc3ccccc3)cc2)n1)C(=O)c1ccc(Cl)cc1. The van der Waals surface area contributed by atoms with Gasteiger partial charge in [-0.2, -0.15) is 4.98 Å². The largest absolute Gasteiger partial charge is 0.348 e. The van der Waals surface area contributed by atoms with E-state index in [0.717, 1.165) is 5.56 Å². The molecule has 0 unspecified atom stereocenters. The van der Waals surface area contributed by atoms with E-state index in [2.05, 4.69) is 15.5 Å². The fourth-order valence-electron chi connectivity index (χ4n) is 3.30. The predicted molar refractivity (Wildman–Crippen MR) is 129 cm³/mol. The Morgan fingerprint density at radius 3 is 2.32 bits per heavy atom. The van der Waals surface area contributed by atoms with Gasteiger partial charge >= 0.3 is 0 Å². The van der Waals surface area contributed by atoms with Crippen LogP contribution in [0.4, 0.5) is 0 Å². The summed E-state index contributed by atoms with van der Waals surface area (Å²) in [6, 6.07) is 23.5. The second-order valence-electron chi connectivity index (χ2n) is 7.74. The fourth-order valence-corrected chi connectivity index (χ4v) is 3.43. The average molecular weight is 475 g/mol. The average Bonchev–Trinajstić information content (AvgIpc) is 3.36. The molecule has 0 radical (unpaired) electrons. The van der Waals surface area contributed by atoms with E-state index >= 15 is 0 Å². The number of rotatable bonds is 8. The molecule has 1 aromatic heterocycles. The van der Waals surface area contributed by atoms with Gasteiger partial charge in [0.1, 0.15) is 0 Å². The number of carbonyl (C=O) groups is 2. The quantitative estimate of drug-likeness (QED) is 0.402. The van der Waals surface area contributed by atoms with Crippen molar-refractivity contribution in [1.82, 2.24) is 20.4 Å². The zero-order valence-electron chi connectivity index (χ0n) is 18.6. The number of halogens is 1. The molecule has 8 heteroatoms. The topological polar surface area (TPSA) is 88.3 Å². The van der Waals surface area contributed by atoms with Gasteiger partial charge in [0.25, 0.3) is 17.7 Å². The van der Waals surface area contributed by atoms with Gasteiger partial charge in [-0.3, -0.25) is 9.59 Å². The molecule has 3 aromatic carbocycles. The first-order valence-corrected chi connectivity index (χ1v) is 11.1. The van der Waals surface area contributed by atoms with Gasteiger partial charge in [0.05, 0.1) is 0 Å². The molecule has 0 spiro atoms. The first-order valence-electron chi connectivity index (χ1n) is 10.8. The van der Waals surface area contributed by atoms with Gasteiger partial charge in [-0.15, -0.1) is 0 Å². The van der Waals surface area contributed by atoms with Crippen LogP contribution in [0.1, 0.15) is 32.1 Å². The first kappa shape index (κ1) is 23.2. The molecule has 0 aliphatic rings. The minimum atomic E-state index is -0.157. The molecule has 2 amide bonds. The molecular formula is C26H23ClN4O3. The molecule has 4 rings (SSSR count). The van der Waals surface area contributed by atoms with Crippen molar-refractivity contribution < 1.29 is 14.1 Å². The van der Waals surface area contributed by atoms with E-state index in [0.29, 0.717) is 52.9 Å². The maximum atomic E-state index is 12.5. The normalized spacial score (nSPS) is 10.6. The lowest BCUT2D eigenvalue weighted by Crippen LogP contribution is -2.29. The summed E-state index contributed by atoms with van der Waals surface area (Å²) in [4.78, 5) is 30.9. The molecule has 0 fully saturated rings. The van der Waals surface area contributed by atoms with Crippen LogP contribution in [0.15, 0.2) is 83.4 Å². The Bertz CT molecular complexity index is 1260. The van der Waals surface area contributed by atoms with Crippen molar-refractivity contribution in [3.8, 4) is 11.5 Å². The van der Waals surface area contributed by atoms with E-state index in [4.69, 9.17) is 16.1 Å². The van der Waals surface area contributed by atoms with Gasteiger partial charge in [0.15, 0.2) is 5.82 Å². The van der Waals surface area contributed by atoms with Crippen molar-refractivity contribution in [3.05, 3.63) is 106 Å². The summed E-state index contributed by atoms with van der Waals surface area (Å²) < 4.78 is 5.37. The molecule has 0 atom stereocenters. The Hall–Kier alpha value is -3.97. The number of benzene rings is 3. The lowest BCUT2D eigenvalue weighted by molar-refractivity contribution is 0.0795. The zero-order valence-corrected chi connectivity index (χ0v) is 19.3. The number of hydrogen-bond donors (Lipinski definition) is 1. The van der Waals surface area contributed by atoms with E-state index < -0.39 is 0 Å². The molecular weight excluding hydrogens is 452 g/mol. The smallest absolute Gasteiger partial charge is 0.257 e. The third-order valence-electron chi connectivity index (χ3n) is 5.27. The van der Waals surface area contributed by atoms with Crippen LogP contribution in [-0.4, -0.2) is 40.4 Å². The third kappa shape index (κ3) is 5.88. The van der Waals surface area contributed by atoms with Crippen molar-refractivity contribution in [1.29, 1.82) is 0 Å². The maximum absolute atomic E-state index is 12.5. The van der Waals surface area contributed by atoms with Gasteiger partial charge in [-0.25, -0.2) is 0 Å². The number of aromatic nitrogens is 2. The van der Waals surface area contributed by atoms with E-state index in [1.807, 2.05) is 30.3 Å². The minimum Gasteiger partial charge on any atom is -0.348 e. The third-order valence-corrected chi connectivity index (χ3v) is 5.52. The van der Waals surface area contributed by atoms with Crippen LogP contribution in [0.3, 0.4) is 0 Å². The Balaban J connectivity index is 1.31. The van der Waals surface area contributed by atoms with Crippen LogP contribution in [0.5, 0.6) is 0 Å². The fraction of sp³-hybridized carbons (Fsp3) is 0.154. The van der Waals surface area contributed by atoms with Crippen LogP contribution >= 0.6 is 11.6 Å². The first-order chi connectivity index (χ1) is 16.5. The molecule has 34 heavy (non-hydrogen) atoms. The summed E-state index contributed by atoms with van der Waals surface area (Å²) >= 11 is 5.88. The number of likely N-dealkylation sites (N-methyl/N-ethyl adjacent to an activating group) is 1. The monoisotopic (exact) mass is 474 g/mol. The van der Waals surface area contributed by atoms with E-state index in [9.17, 15) is 9.59 Å². The summed E-state index contributed by atoms with van der Waals surface area (Å²) in [6.45, 7) is 0.893. The van der Waals surface area contributed by atoms with Gasteiger partial charge in [0, 0.05) is 48.3 Å². The minimum absolute atomic E-state index is 0.110. The van der Waals surface area contributed by atoms with Crippen LogP contribution in [0.2, 0.25) is 5.02 Å². The van der Waals surface area contributed by atoms with Crippen molar-refractivity contribution in [2.45, 2.75) is 13.0 Å². The van der Waals surface area contributed by atoms with Gasteiger partial charge < -0.3 is 14.7 Å². The molecule has 1 heterocycles.